The first-order valence-electron chi connectivity index (χ1n) is 14.8. The lowest BCUT2D eigenvalue weighted by molar-refractivity contribution is -0.115. The smallest absolute Gasteiger partial charge is 0.255 e. The van der Waals surface area contributed by atoms with Crippen molar-refractivity contribution in [1.29, 1.82) is 0 Å². The van der Waals surface area contributed by atoms with E-state index in [1.165, 1.54) is 0 Å². The summed E-state index contributed by atoms with van der Waals surface area (Å²) in [5.41, 5.74) is 12.1. The molecule has 0 atom stereocenters. The molecule has 1 fully saturated rings. The van der Waals surface area contributed by atoms with Crippen molar-refractivity contribution in [2.45, 2.75) is 32.2 Å². The molecule has 43 heavy (non-hydrogen) atoms. The first-order chi connectivity index (χ1) is 21.0. The SMILES string of the molecule is COc1ccc(CC(=O)Nc2cc(-c3cccc(CN(CCCN)C(=O)c4cccnc4)c3)ccc2N2CCCC2)cc1. The Kier molecular flexibility index (Phi) is 10.0. The Labute approximate surface area is 253 Å². The minimum Gasteiger partial charge on any atom is -0.497 e. The van der Waals surface area contributed by atoms with E-state index >= 15 is 0 Å². The van der Waals surface area contributed by atoms with Gasteiger partial charge in [-0.1, -0.05) is 36.4 Å². The van der Waals surface area contributed by atoms with E-state index in [0.29, 0.717) is 31.6 Å². The molecule has 1 aliphatic heterocycles. The third-order valence-electron chi connectivity index (χ3n) is 7.70. The highest BCUT2D eigenvalue weighted by atomic mass is 16.5. The lowest BCUT2D eigenvalue weighted by Crippen LogP contribution is -2.32. The molecule has 2 heterocycles. The Bertz CT molecular complexity index is 1520. The third-order valence-corrected chi connectivity index (χ3v) is 7.70. The predicted molar refractivity (Wildman–Crippen MR) is 171 cm³/mol. The summed E-state index contributed by atoms with van der Waals surface area (Å²) in [5, 5.41) is 3.20. The molecule has 8 heteroatoms. The van der Waals surface area contributed by atoms with Crippen LogP contribution in [0.25, 0.3) is 11.1 Å². The lowest BCUT2D eigenvalue weighted by Gasteiger charge is -2.24. The van der Waals surface area contributed by atoms with Crippen molar-refractivity contribution in [3.63, 3.8) is 0 Å². The number of methoxy groups -OCH3 is 1. The number of carbonyl (C=O) groups excluding carboxylic acids is 2. The second-order valence-electron chi connectivity index (χ2n) is 10.8. The monoisotopic (exact) mass is 577 g/mol. The second-order valence-corrected chi connectivity index (χ2v) is 10.8. The first-order valence-corrected chi connectivity index (χ1v) is 14.8. The molecule has 1 aliphatic rings. The van der Waals surface area contributed by atoms with Gasteiger partial charge in [-0.05, 0) is 90.5 Å². The van der Waals surface area contributed by atoms with E-state index in [2.05, 4.69) is 45.5 Å². The van der Waals surface area contributed by atoms with Crippen LogP contribution in [-0.4, -0.2) is 55.0 Å². The van der Waals surface area contributed by atoms with E-state index in [0.717, 1.165) is 65.3 Å². The van der Waals surface area contributed by atoms with Gasteiger partial charge < -0.3 is 25.6 Å². The first kappa shape index (κ1) is 29.8. The number of hydrogen-bond acceptors (Lipinski definition) is 6. The number of pyridine rings is 1. The van der Waals surface area contributed by atoms with Crippen LogP contribution in [0.4, 0.5) is 11.4 Å². The maximum absolute atomic E-state index is 13.3. The Balaban J connectivity index is 1.38. The van der Waals surface area contributed by atoms with Crippen LogP contribution < -0.4 is 20.7 Å². The molecule has 0 aliphatic carbocycles. The van der Waals surface area contributed by atoms with Gasteiger partial charge in [0.05, 0.1) is 30.5 Å². The number of aromatic nitrogens is 1. The maximum Gasteiger partial charge on any atom is 0.255 e. The maximum atomic E-state index is 13.3. The zero-order chi connectivity index (χ0) is 30.0. The molecular weight excluding hydrogens is 538 g/mol. The number of anilines is 2. The normalized spacial score (nSPS) is 12.7. The quantitative estimate of drug-likeness (QED) is 0.230. The van der Waals surface area contributed by atoms with Crippen LogP contribution in [0, 0.1) is 0 Å². The predicted octanol–water partition coefficient (Wildman–Crippen LogP) is 5.53. The highest BCUT2D eigenvalue weighted by Gasteiger charge is 2.19. The zero-order valence-electron chi connectivity index (χ0n) is 24.7. The molecule has 0 spiro atoms. The number of ether oxygens (including phenoxy) is 1. The fourth-order valence-electron chi connectivity index (χ4n) is 5.45. The van der Waals surface area contributed by atoms with Crippen LogP contribution in [0.3, 0.4) is 0 Å². The van der Waals surface area contributed by atoms with Crippen molar-refractivity contribution < 1.29 is 14.3 Å². The number of amides is 2. The molecule has 0 unspecified atom stereocenters. The molecule has 5 rings (SSSR count). The molecule has 1 aromatic heterocycles. The van der Waals surface area contributed by atoms with Crippen molar-refractivity contribution in [3.8, 4) is 16.9 Å². The number of carbonyl (C=O) groups is 2. The number of nitrogens with two attached hydrogens (primary N) is 1. The average Bonchev–Trinajstić information content (AvgIpc) is 3.58. The van der Waals surface area contributed by atoms with Gasteiger partial charge in [-0.2, -0.15) is 0 Å². The van der Waals surface area contributed by atoms with Crippen molar-refractivity contribution in [2.24, 2.45) is 5.73 Å². The van der Waals surface area contributed by atoms with Crippen LogP contribution in [0.15, 0.2) is 91.3 Å². The Morgan fingerprint density at radius 1 is 0.953 bits per heavy atom. The van der Waals surface area contributed by atoms with Gasteiger partial charge in [-0.15, -0.1) is 0 Å². The molecule has 0 saturated carbocycles. The molecular formula is C35H39N5O3. The lowest BCUT2D eigenvalue weighted by atomic mass is 10.0. The van der Waals surface area contributed by atoms with Crippen molar-refractivity contribution >= 4 is 23.2 Å². The van der Waals surface area contributed by atoms with Gasteiger partial charge in [0.2, 0.25) is 5.91 Å². The molecule has 8 nitrogen and oxygen atoms in total. The highest BCUT2D eigenvalue weighted by Crippen LogP contribution is 2.34. The standard InChI is InChI=1S/C35H39N5O3/c1-43-31-13-10-26(11-14-31)22-34(41)38-32-23-29(12-15-33(32)39-18-2-3-19-39)28-8-4-7-27(21-28)25-40(20-6-16-36)35(42)30-9-5-17-37-24-30/h4-5,7-15,17,21,23-24H,2-3,6,16,18-20,22,25,36H2,1H3,(H,38,41). The third kappa shape index (κ3) is 7.78. The van der Waals surface area contributed by atoms with Crippen molar-refractivity contribution in [1.82, 2.24) is 9.88 Å². The fraction of sp³-hybridized carbons (Fsp3) is 0.286. The molecule has 0 radical (unpaired) electrons. The molecule has 222 valence electrons. The van der Waals surface area contributed by atoms with Gasteiger partial charge in [0.25, 0.3) is 5.91 Å². The molecule has 3 aromatic carbocycles. The zero-order valence-corrected chi connectivity index (χ0v) is 24.7. The number of hydrogen-bond donors (Lipinski definition) is 2. The summed E-state index contributed by atoms with van der Waals surface area (Å²) in [5.74, 6) is 0.629. The fourth-order valence-corrected chi connectivity index (χ4v) is 5.45. The molecule has 3 N–H and O–H groups in total. The summed E-state index contributed by atoms with van der Waals surface area (Å²) >= 11 is 0. The summed E-state index contributed by atoms with van der Waals surface area (Å²) in [6.45, 7) is 3.47. The number of benzene rings is 3. The topological polar surface area (TPSA) is 101 Å². The van der Waals surface area contributed by atoms with Gasteiger partial charge >= 0.3 is 0 Å². The second kappa shape index (κ2) is 14.5. The van der Waals surface area contributed by atoms with E-state index in [1.807, 2.05) is 41.3 Å². The van der Waals surface area contributed by atoms with E-state index in [9.17, 15) is 9.59 Å². The number of nitrogens with one attached hydrogen (secondary N) is 1. The van der Waals surface area contributed by atoms with Crippen LogP contribution in [0.5, 0.6) is 5.75 Å². The van der Waals surface area contributed by atoms with Gasteiger partial charge in [-0.25, -0.2) is 0 Å². The Morgan fingerprint density at radius 2 is 1.74 bits per heavy atom. The molecule has 2 amide bonds. The largest absolute Gasteiger partial charge is 0.497 e. The Morgan fingerprint density at radius 3 is 2.47 bits per heavy atom. The van der Waals surface area contributed by atoms with Crippen LogP contribution in [0.1, 0.15) is 40.7 Å². The molecule has 1 saturated heterocycles. The van der Waals surface area contributed by atoms with E-state index in [-0.39, 0.29) is 18.2 Å². The minimum absolute atomic E-state index is 0.0659. The minimum atomic E-state index is -0.0685. The van der Waals surface area contributed by atoms with E-state index in [1.54, 1.807) is 31.6 Å². The summed E-state index contributed by atoms with van der Waals surface area (Å²) in [7, 11) is 1.63. The van der Waals surface area contributed by atoms with Gasteiger partial charge in [0.15, 0.2) is 0 Å². The van der Waals surface area contributed by atoms with Crippen LogP contribution >= 0.6 is 0 Å². The van der Waals surface area contributed by atoms with Crippen LogP contribution in [-0.2, 0) is 17.8 Å². The number of nitrogens with zero attached hydrogens (tertiary/aromatic N) is 3. The number of rotatable bonds is 12. The van der Waals surface area contributed by atoms with Crippen molar-refractivity contribution in [3.05, 3.63) is 108 Å². The summed E-state index contributed by atoms with van der Waals surface area (Å²) < 4.78 is 5.24. The summed E-state index contributed by atoms with van der Waals surface area (Å²) in [6.07, 6.45) is 6.52. The van der Waals surface area contributed by atoms with Crippen LogP contribution in [0.2, 0.25) is 0 Å². The summed E-state index contributed by atoms with van der Waals surface area (Å²) in [4.78, 5) is 34.7. The highest BCUT2D eigenvalue weighted by molar-refractivity contribution is 5.97. The summed E-state index contributed by atoms with van der Waals surface area (Å²) in [6, 6.07) is 25.6. The molecule has 0 bridgehead atoms. The molecule has 4 aromatic rings. The van der Waals surface area contributed by atoms with Gasteiger partial charge in [-0.3, -0.25) is 14.6 Å². The van der Waals surface area contributed by atoms with E-state index < -0.39 is 0 Å². The Hall–Kier alpha value is -4.69. The van der Waals surface area contributed by atoms with Gasteiger partial charge in [0.1, 0.15) is 5.75 Å². The van der Waals surface area contributed by atoms with E-state index in [4.69, 9.17) is 10.5 Å². The van der Waals surface area contributed by atoms with Gasteiger partial charge in [0, 0.05) is 38.6 Å². The van der Waals surface area contributed by atoms with Crippen molar-refractivity contribution in [2.75, 3.05) is 43.5 Å². The average molecular weight is 578 g/mol.